The smallest absolute Gasteiger partial charge is 0.336 e. The molecule has 1 unspecified atom stereocenters. The first-order valence-corrected chi connectivity index (χ1v) is 10.2. The SMILES string of the molecule is Cc1noc2c1C(NC(=O)N(C=O)c1ccc(F)c(C(F)(F)F)c1)(N(C)CCN(C)C)CC=N2. The van der Waals surface area contributed by atoms with Crippen LogP contribution in [0.2, 0.25) is 0 Å². The van der Waals surface area contributed by atoms with Crippen molar-refractivity contribution in [1.29, 1.82) is 0 Å². The lowest BCUT2D eigenvalue weighted by atomic mass is 9.92. The number of anilines is 1. The molecule has 2 aromatic rings. The van der Waals surface area contributed by atoms with Crippen LogP contribution in [0.5, 0.6) is 0 Å². The number of carbonyl (C=O) groups is 2. The third-order valence-electron chi connectivity index (χ3n) is 5.56. The van der Waals surface area contributed by atoms with Gasteiger partial charge < -0.3 is 14.7 Å². The largest absolute Gasteiger partial charge is 0.419 e. The minimum atomic E-state index is -5.01. The van der Waals surface area contributed by atoms with Gasteiger partial charge in [-0.25, -0.2) is 19.1 Å². The van der Waals surface area contributed by atoms with Gasteiger partial charge in [-0.2, -0.15) is 13.2 Å². The second-order valence-corrected chi connectivity index (χ2v) is 8.12. The summed E-state index contributed by atoms with van der Waals surface area (Å²) in [4.78, 5) is 33.4. The van der Waals surface area contributed by atoms with Crippen molar-refractivity contribution in [3.05, 3.63) is 40.8 Å². The van der Waals surface area contributed by atoms with E-state index in [1.165, 1.54) is 6.21 Å². The minimum Gasteiger partial charge on any atom is -0.336 e. The van der Waals surface area contributed by atoms with E-state index in [-0.39, 0.29) is 18.7 Å². The van der Waals surface area contributed by atoms with E-state index in [9.17, 15) is 27.2 Å². The summed E-state index contributed by atoms with van der Waals surface area (Å²) < 4.78 is 58.5. The number of alkyl halides is 3. The highest BCUT2D eigenvalue weighted by molar-refractivity contribution is 6.06. The van der Waals surface area contributed by atoms with Gasteiger partial charge in [0.1, 0.15) is 11.5 Å². The standard InChI is InChI=1S/C21H24F4N6O3/c1-13-17-18(34-28-13)26-8-7-20(17,30(4)10-9-29(2)3)27-19(33)31(12-32)14-5-6-16(22)15(11-14)21(23,24)25/h5-6,8,11-12H,7,9-10H2,1-4H3,(H,27,33). The molecule has 0 spiro atoms. The molecule has 0 bridgehead atoms. The number of benzene rings is 1. The maximum Gasteiger partial charge on any atom is 0.419 e. The fourth-order valence-corrected chi connectivity index (χ4v) is 3.72. The number of imide groups is 1. The van der Waals surface area contributed by atoms with Crippen molar-refractivity contribution in [2.45, 2.75) is 25.2 Å². The first kappa shape index (κ1) is 25.3. The van der Waals surface area contributed by atoms with Crippen LogP contribution in [0.4, 0.5) is 33.9 Å². The molecule has 3 rings (SSSR count). The zero-order valence-corrected chi connectivity index (χ0v) is 19.0. The van der Waals surface area contributed by atoms with Gasteiger partial charge in [-0.15, -0.1) is 0 Å². The van der Waals surface area contributed by atoms with Crippen LogP contribution >= 0.6 is 0 Å². The zero-order chi connectivity index (χ0) is 25.3. The number of nitrogens with zero attached hydrogens (tertiary/aromatic N) is 5. The predicted molar refractivity (Wildman–Crippen MR) is 115 cm³/mol. The van der Waals surface area contributed by atoms with E-state index in [1.807, 2.05) is 23.9 Å². The van der Waals surface area contributed by atoms with Crippen molar-refractivity contribution in [2.75, 3.05) is 39.1 Å². The Hall–Kier alpha value is -3.32. The number of carbonyl (C=O) groups excluding carboxylic acids is 2. The molecule has 1 atom stereocenters. The van der Waals surface area contributed by atoms with Crippen molar-refractivity contribution in [1.82, 2.24) is 20.3 Å². The van der Waals surface area contributed by atoms with Gasteiger partial charge in [0.05, 0.1) is 22.5 Å². The van der Waals surface area contributed by atoms with E-state index in [2.05, 4.69) is 15.5 Å². The molecule has 34 heavy (non-hydrogen) atoms. The normalized spacial score (nSPS) is 17.7. The molecular weight excluding hydrogens is 460 g/mol. The number of amides is 3. The third kappa shape index (κ3) is 4.80. The van der Waals surface area contributed by atoms with Crippen LogP contribution in [0.3, 0.4) is 0 Å². The molecule has 1 N–H and O–H groups in total. The highest BCUT2D eigenvalue weighted by atomic mass is 19.4. The number of aromatic nitrogens is 1. The molecule has 0 radical (unpaired) electrons. The summed E-state index contributed by atoms with van der Waals surface area (Å²) in [6, 6.07) is 0.855. The topological polar surface area (TPSA) is 94.3 Å². The Bertz CT molecular complexity index is 1100. The molecule has 1 aromatic carbocycles. The predicted octanol–water partition coefficient (Wildman–Crippen LogP) is 3.27. The maximum atomic E-state index is 13.7. The lowest BCUT2D eigenvalue weighted by Gasteiger charge is -2.43. The van der Waals surface area contributed by atoms with Gasteiger partial charge >= 0.3 is 12.2 Å². The Morgan fingerprint density at radius 3 is 2.59 bits per heavy atom. The number of rotatable bonds is 7. The van der Waals surface area contributed by atoms with E-state index < -0.39 is 34.9 Å². The van der Waals surface area contributed by atoms with Crippen LogP contribution in [0, 0.1) is 12.7 Å². The van der Waals surface area contributed by atoms with E-state index >= 15 is 0 Å². The Kier molecular flexibility index (Phi) is 7.07. The maximum absolute atomic E-state index is 13.7. The first-order chi connectivity index (χ1) is 15.9. The van der Waals surface area contributed by atoms with Crippen molar-refractivity contribution in [3.63, 3.8) is 0 Å². The summed E-state index contributed by atoms with van der Waals surface area (Å²) in [5.41, 5.74) is -2.39. The number of aryl methyl sites for hydroxylation is 1. The van der Waals surface area contributed by atoms with Gasteiger partial charge in [-0.1, -0.05) is 5.16 Å². The summed E-state index contributed by atoms with van der Waals surface area (Å²) in [6.45, 7) is 2.73. The number of hydrogen-bond acceptors (Lipinski definition) is 7. The molecule has 0 saturated carbocycles. The molecule has 1 aliphatic rings. The van der Waals surface area contributed by atoms with Crippen LogP contribution in [0.1, 0.15) is 23.2 Å². The van der Waals surface area contributed by atoms with E-state index in [0.717, 1.165) is 6.07 Å². The van der Waals surface area contributed by atoms with Gasteiger partial charge in [0.2, 0.25) is 6.41 Å². The molecule has 0 fully saturated rings. The van der Waals surface area contributed by atoms with Gasteiger partial charge in [0.15, 0.2) is 0 Å². The zero-order valence-electron chi connectivity index (χ0n) is 19.0. The Balaban J connectivity index is 2.02. The van der Waals surface area contributed by atoms with Crippen molar-refractivity contribution >= 4 is 30.2 Å². The van der Waals surface area contributed by atoms with Gasteiger partial charge in [-0.3, -0.25) is 9.69 Å². The van der Waals surface area contributed by atoms with Crippen molar-refractivity contribution in [2.24, 2.45) is 4.99 Å². The van der Waals surface area contributed by atoms with Crippen molar-refractivity contribution < 1.29 is 31.7 Å². The van der Waals surface area contributed by atoms with E-state index in [4.69, 9.17) is 4.52 Å². The first-order valence-electron chi connectivity index (χ1n) is 10.2. The minimum absolute atomic E-state index is 0.0640. The van der Waals surface area contributed by atoms with E-state index in [1.54, 1.807) is 14.0 Å². The molecule has 9 nitrogen and oxygen atoms in total. The fourth-order valence-electron chi connectivity index (χ4n) is 3.72. The second kappa shape index (κ2) is 9.50. The van der Waals surface area contributed by atoms with Gasteiger partial charge in [0.25, 0.3) is 5.88 Å². The number of aliphatic imine (C=N–C) groups is 1. The van der Waals surface area contributed by atoms with Crippen LogP contribution < -0.4 is 10.2 Å². The molecule has 3 amide bonds. The number of halogens is 4. The number of likely N-dealkylation sites (N-methyl/N-ethyl adjacent to an activating group) is 2. The summed E-state index contributed by atoms with van der Waals surface area (Å²) in [5, 5.41) is 6.68. The van der Waals surface area contributed by atoms with Gasteiger partial charge in [0, 0.05) is 25.7 Å². The molecule has 13 heteroatoms. The highest BCUT2D eigenvalue weighted by Gasteiger charge is 2.46. The second-order valence-electron chi connectivity index (χ2n) is 8.12. The number of urea groups is 1. The molecule has 184 valence electrons. The van der Waals surface area contributed by atoms with Crippen LogP contribution in [-0.4, -0.2) is 67.8 Å². The Morgan fingerprint density at radius 1 is 1.26 bits per heavy atom. The van der Waals surface area contributed by atoms with E-state index in [0.29, 0.717) is 41.4 Å². The van der Waals surface area contributed by atoms with Crippen LogP contribution in [-0.2, 0) is 16.6 Å². The van der Waals surface area contributed by atoms with Crippen LogP contribution in [0.25, 0.3) is 0 Å². The number of fused-ring (bicyclic) bond motifs is 1. The summed E-state index contributed by atoms with van der Waals surface area (Å²) in [6.07, 6.45) is -3.26. The molecule has 1 aromatic heterocycles. The highest BCUT2D eigenvalue weighted by Crippen LogP contribution is 2.40. The fraction of sp³-hybridized carbons (Fsp3) is 0.429. The average molecular weight is 484 g/mol. The lowest BCUT2D eigenvalue weighted by Crippen LogP contribution is -2.61. The summed E-state index contributed by atoms with van der Waals surface area (Å²) in [5.74, 6) is -1.35. The lowest BCUT2D eigenvalue weighted by molar-refractivity contribution is -0.140. The Labute approximate surface area is 193 Å². The summed E-state index contributed by atoms with van der Waals surface area (Å²) in [7, 11) is 5.49. The third-order valence-corrected chi connectivity index (χ3v) is 5.56. The Morgan fingerprint density at radius 2 is 1.97 bits per heavy atom. The molecule has 2 heterocycles. The molecule has 0 saturated heterocycles. The van der Waals surface area contributed by atoms with Crippen molar-refractivity contribution in [3.8, 4) is 0 Å². The van der Waals surface area contributed by atoms with Gasteiger partial charge in [-0.05, 0) is 46.3 Å². The average Bonchev–Trinajstić information content (AvgIpc) is 3.14. The molecular formula is C21H24F4N6O3. The van der Waals surface area contributed by atoms with Crippen LogP contribution in [0.15, 0.2) is 27.7 Å². The monoisotopic (exact) mass is 484 g/mol. The summed E-state index contributed by atoms with van der Waals surface area (Å²) >= 11 is 0. The molecule has 0 aliphatic carbocycles. The molecule has 1 aliphatic heterocycles. The quantitative estimate of drug-likeness (QED) is 0.368. The number of nitrogens with one attached hydrogen (secondary N) is 1. The number of hydrogen-bond donors (Lipinski definition) is 1.